The van der Waals surface area contributed by atoms with Crippen LogP contribution in [0, 0.1) is 6.92 Å². The Balaban J connectivity index is 1.61. The smallest absolute Gasteiger partial charge is 0.345 e. The van der Waals surface area contributed by atoms with Crippen LogP contribution in [-0.2, 0) is 18.5 Å². The Kier molecular flexibility index (Phi) is 7.92. The first-order valence-electron chi connectivity index (χ1n) is 10.7. The van der Waals surface area contributed by atoms with Crippen LogP contribution in [0.4, 0.5) is 13.2 Å². The van der Waals surface area contributed by atoms with Crippen molar-refractivity contribution >= 4 is 40.9 Å². The van der Waals surface area contributed by atoms with E-state index in [4.69, 9.17) is 23.2 Å². The number of aryl methyl sites for hydroxylation is 1. The van der Waals surface area contributed by atoms with Gasteiger partial charge in [0, 0.05) is 16.3 Å². The summed E-state index contributed by atoms with van der Waals surface area (Å²) in [6.07, 6.45) is -4.55. The number of carbonyl (C=O) groups excluding carboxylic acids is 1. The lowest BCUT2D eigenvalue weighted by Crippen LogP contribution is -2.25. The zero-order valence-electron chi connectivity index (χ0n) is 18.8. The van der Waals surface area contributed by atoms with Gasteiger partial charge >= 0.3 is 6.18 Å². The van der Waals surface area contributed by atoms with Crippen molar-refractivity contribution in [2.75, 3.05) is 0 Å². The molecule has 0 fully saturated rings. The van der Waals surface area contributed by atoms with E-state index in [1.165, 1.54) is 23.9 Å². The van der Waals surface area contributed by atoms with Crippen LogP contribution in [0.5, 0.6) is 0 Å². The standard InChI is InChI=1S/C25H19Cl2F3N4OS/c1-15-4-2-5-16(10-15)14-36-24-33-32-22(34(24)21-12-19(26)8-9-20(21)27)13-31-23(35)17-6-3-7-18(11-17)25(28,29)30/h2-12H,13-14H2,1H3,(H,31,35). The van der Waals surface area contributed by atoms with Crippen molar-refractivity contribution in [1.29, 1.82) is 0 Å². The molecule has 0 radical (unpaired) electrons. The van der Waals surface area contributed by atoms with Gasteiger partial charge in [-0.25, -0.2) is 0 Å². The Morgan fingerprint density at radius 3 is 2.56 bits per heavy atom. The summed E-state index contributed by atoms with van der Waals surface area (Å²) in [6, 6.07) is 17.2. The number of benzene rings is 3. The van der Waals surface area contributed by atoms with Crippen molar-refractivity contribution < 1.29 is 18.0 Å². The molecule has 1 N–H and O–H groups in total. The lowest BCUT2D eigenvalue weighted by atomic mass is 10.1. The highest BCUT2D eigenvalue weighted by molar-refractivity contribution is 7.98. The molecule has 1 aromatic heterocycles. The Bertz CT molecular complexity index is 1410. The second-order valence-electron chi connectivity index (χ2n) is 7.87. The lowest BCUT2D eigenvalue weighted by molar-refractivity contribution is -0.137. The summed E-state index contributed by atoms with van der Waals surface area (Å²) in [5, 5.41) is 12.5. The minimum atomic E-state index is -4.55. The summed E-state index contributed by atoms with van der Waals surface area (Å²) in [6.45, 7) is 1.91. The van der Waals surface area contributed by atoms with E-state index in [-0.39, 0.29) is 12.1 Å². The SMILES string of the molecule is Cc1cccc(CSc2nnc(CNC(=O)c3cccc(C(F)(F)F)c3)n2-c2cc(Cl)ccc2Cl)c1. The maximum absolute atomic E-state index is 13.0. The number of hydrogen-bond acceptors (Lipinski definition) is 4. The van der Waals surface area contributed by atoms with E-state index < -0.39 is 17.6 Å². The van der Waals surface area contributed by atoms with Gasteiger partial charge in [0.05, 0.1) is 22.8 Å². The molecule has 4 aromatic rings. The van der Waals surface area contributed by atoms with Gasteiger partial charge in [-0.3, -0.25) is 9.36 Å². The van der Waals surface area contributed by atoms with E-state index in [0.717, 1.165) is 23.3 Å². The van der Waals surface area contributed by atoms with Gasteiger partial charge in [0.25, 0.3) is 5.91 Å². The topological polar surface area (TPSA) is 59.8 Å². The molecule has 0 saturated heterocycles. The maximum atomic E-state index is 13.0. The second kappa shape index (κ2) is 10.9. The predicted octanol–water partition coefficient (Wildman–Crippen LogP) is 7.12. The van der Waals surface area contributed by atoms with Crippen LogP contribution in [-0.4, -0.2) is 20.7 Å². The number of alkyl halides is 3. The summed E-state index contributed by atoms with van der Waals surface area (Å²) in [7, 11) is 0. The molecule has 4 rings (SSSR count). The first-order valence-corrected chi connectivity index (χ1v) is 12.4. The molecule has 0 saturated carbocycles. The van der Waals surface area contributed by atoms with Gasteiger partial charge in [0.1, 0.15) is 0 Å². The van der Waals surface area contributed by atoms with Crippen LogP contribution < -0.4 is 5.32 Å². The first-order chi connectivity index (χ1) is 17.1. The highest BCUT2D eigenvalue weighted by Gasteiger charge is 2.31. The van der Waals surface area contributed by atoms with Crippen molar-refractivity contribution in [2.45, 2.75) is 30.6 Å². The van der Waals surface area contributed by atoms with Crippen molar-refractivity contribution in [1.82, 2.24) is 20.1 Å². The molecule has 1 heterocycles. The fraction of sp³-hybridized carbons (Fsp3) is 0.160. The highest BCUT2D eigenvalue weighted by Crippen LogP contribution is 2.32. The summed E-state index contributed by atoms with van der Waals surface area (Å²) >= 11 is 14.1. The third-order valence-electron chi connectivity index (χ3n) is 5.16. The monoisotopic (exact) mass is 550 g/mol. The summed E-state index contributed by atoms with van der Waals surface area (Å²) in [5.74, 6) is 0.266. The number of rotatable bonds is 7. The third-order valence-corrected chi connectivity index (χ3v) is 6.71. The van der Waals surface area contributed by atoms with Crippen molar-refractivity contribution in [3.05, 3.63) is 105 Å². The predicted molar refractivity (Wildman–Crippen MR) is 135 cm³/mol. The van der Waals surface area contributed by atoms with Crippen LogP contribution in [0.1, 0.15) is 32.9 Å². The number of nitrogens with one attached hydrogen (secondary N) is 1. The first kappa shape index (κ1) is 26.1. The van der Waals surface area contributed by atoms with Gasteiger partial charge in [0.2, 0.25) is 0 Å². The molecule has 0 atom stereocenters. The van der Waals surface area contributed by atoms with E-state index >= 15 is 0 Å². The molecule has 11 heteroatoms. The summed E-state index contributed by atoms with van der Waals surface area (Å²) in [4.78, 5) is 12.6. The fourth-order valence-corrected chi connectivity index (χ4v) is 4.73. The molecule has 0 spiro atoms. The molecule has 0 aliphatic rings. The van der Waals surface area contributed by atoms with Crippen molar-refractivity contribution in [3.8, 4) is 5.69 Å². The molecule has 0 bridgehead atoms. The Labute approximate surface area is 219 Å². The molecular weight excluding hydrogens is 532 g/mol. The molecule has 0 aliphatic carbocycles. The van der Waals surface area contributed by atoms with Crippen molar-refractivity contribution in [3.63, 3.8) is 0 Å². The van der Waals surface area contributed by atoms with Gasteiger partial charge in [-0.05, 0) is 48.9 Å². The number of hydrogen-bond donors (Lipinski definition) is 1. The Morgan fingerprint density at radius 1 is 1.03 bits per heavy atom. The minimum absolute atomic E-state index is 0.101. The Hall–Kier alpha value is -3.01. The average Bonchev–Trinajstić information content (AvgIpc) is 3.25. The Morgan fingerprint density at radius 2 is 1.81 bits per heavy atom. The molecule has 1 amide bonds. The number of carbonyl (C=O) groups is 1. The minimum Gasteiger partial charge on any atom is -0.345 e. The van der Waals surface area contributed by atoms with Gasteiger partial charge in [0.15, 0.2) is 11.0 Å². The molecule has 3 aromatic carbocycles. The number of halogens is 5. The lowest BCUT2D eigenvalue weighted by Gasteiger charge is -2.13. The summed E-state index contributed by atoms with van der Waals surface area (Å²) in [5.41, 5.74) is 1.71. The van der Waals surface area contributed by atoms with E-state index in [9.17, 15) is 18.0 Å². The van der Waals surface area contributed by atoms with Gasteiger partial charge in [-0.2, -0.15) is 13.2 Å². The number of aromatic nitrogens is 3. The van der Waals surface area contributed by atoms with Crippen LogP contribution in [0.25, 0.3) is 5.69 Å². The van der Waals surface area contributed by atoms with E-state index in [0.29, 0.717) is 32.5 Å². The normalized spacial score (nSPS) is 11.5. The number of amides is 1. The quantitative estimate of drug-likeness (QED) is 0.249. The van der Waals surface area contributed by atoms with E-state index in [1.54, 1.807) is 22.8 Å². The molecule has 186 valence electrons. The molecule has 0 unspecified atom stereocenters. The summed E-state index contributed by atoms with van der Waals surface area (Å²) < 4.78 is 40.8. The fourth-order valence-electron chi connectivity index (χ4n) is 3.46. The van der Waals surface area contributed by atoms with Crippen LogP contribution in [0.3, 0.4) is 0 Å². The van der Waals surface area contributed by atoms with Crippen molar-refractivity contribution in [2.24, 2.45) is 0 Å². The molecule has 5 nitrogen and oxygen atoms in total. The van der Waals surface area contributed by atoms with Crippen LogP contribution >= 0.6 is 35.0 Å². The molecule has 0 aliphatic heterocycles. The van der Waals surface area contributed by atoms with Gasteiger partial charge < -0.3 is 5.32 Å². The third kappa shape index (κ3) is 6.21. The zero-order chi connectivity index (χ0) is 25.9. The van der Waals surface area contributed by atoms with Crippen LogP contribution in [0.15, 0.2) is 71.9 Å². The molecule has 36 heavy (non-hydrogen) atoms. The van der Waals surface area contributed by atoms with Gasteiger partial charge in [-0.1, -0.05) is 70.9 Å². The average molecular weight is 551 g/mol. The molecular formula is C25H19Cl2F3N4OS. The largest absolute Gasteiger partial charge is 0.416 e. The maximum Gasteiger partial charge on any atom is 0.416 e. The number of thioether (sulfide) groups is 1. The zero-order valence-corrected chi connectivity index (χ0v) is 21.1. The van der Waals surface area contributed by atoms with Gasteiger partial charge in [-0.15, -0.1) is 10.2 Å². The second-order valence-corrected chi connectivity index (χ2v) is 9.66. The van der Waals surface area contributed by atoms with Crippen LogP contribution in [0.2, 0.25) is 10.0 Å². The number of nitrogens with zero attached hydrogens (tertiary/aromatic N) is 3. The highest BCUT2D eigenvalue weighted by atomic mass is 35.5. The van der Waals surface area contributed by atoms with E-state index in [1.807, 2.05) is 25.1 Å². The van der Waals surface area contributed by atoms with E-state index in [2.05, 4.69) is 21.6 Å².